The van der Waals surface area contributed by atoms with Crippen molar-refractivity contribution in [1.82, 2.24) is 9.40 Å². The first-order chi connectivity index (χ1) is 10.8. The van der Waals surface area contributed by atoms with Gasteiger partial charge in [-0.1, -0.05) is 38.1 Å². The Morgan fingerprint density at radius 3 is 2.57 bits per heavy atom. The van der Waals surface area contributed by atoms with Crippen molar-refractivity contribution in [2.45, 2.75) is 26.3 Å². The normalized spacial score (nSPS) is 12.3. The van der Waals surface area contributed by atoms with Gasteiger partial charge in [0, 0.05) is 28.7 Å². The first-order valence-corrected chi connectivity index (χ1v) is 7.45. The van der Waals surface area contributed by atoms with Crippen LogP contribution >= 0.6 is 11.8 Å². The number of hydrogen-bond donors (Lipinski definition) is 2. The van der Waals surface area contributed by atoms with Crippen molar-refractivity contribution in [3.05, 3.63) is 36.2 Å². The average Bonchev–Trinajstić information content (AvgIpc) is 2.51. The van der Waals surface area contributed by atoms with E-state index in [2.05, 4.69) is 4.98 Å². The van der Waals surface area contributed by atoms with Crippen molar-refractivity contribution in [2.24, 2.45) is 5.92 Å². The van der Waals surface area contributed by atoms with Crippen LogP contribution in [0, 0.1) is 5.92 Å². The van der Waals surface area contributed by atoms with Crippen LogP contribution in [0.15, 0.2) is 30.5 Å². The Balaban J connectivity index is 2.39. The maximum Gasteiger partial charge on any atom is 0.327 e. The van der Waals surface area contributed by atoms with Gasteiger partial charge >= 0.3 is 5.97 Å². The van der Waals surface area contributed by atoms with Crippen LogP contribution in [0.5, 0.6) is 5.75 Å². The van der Waals surface area contributed by atoms with Crippen LogP contribution in [0.4, 0.5) is 0 Å². The Bertz CT molecular complexity index is 748. The highest BCUT2D eigenvalue weighted by Gasteiger charge is 2.32. The first-order valence-electron chi connectivity index (χ1n) is 7.11. The summed E-state index contributed by atoms with van der Waals surface area (Å²) in [6.07, 6.45) is 1.63. The van der Waals surface area contributed by atoms with Gasteiger partial charge in [0.15, 0.2) is 11.4 Å². The molecule has 0 fully saturated rings. The summed E-state index contributed by atoms with van der Waals surface area (Å²) in [6, 6.07) is 5.69. The van der Waals surface area contributed by atoms with Gasteiger partial charge < -0.3 is 10.2 Å². The number of carbonyl (C=O) groups excluding carboxylic acids is 1. The first kappa shape index (κ1) is 17.0. The van der Waals surface area contributed by atoms with E-state index in [-0.39, 0.29) is 23.8 Å². The van der Waals surface area contributed by atoms with E-state index in [9.17, 15) is 19.8 Å². The number of nitrogens with zero attached hydrogens (tertiary/aromatic N) is 2. The average molecular weight is 337 g/mol. The lowest BCUT2D eigenvalue weighted by molar-refractivity contribution is -0.141. The molecule has 0 unspecified atom stereocenters. The number of carboxylic acid groups (broad SMARTS) is 1. The van der Waals surface area contributed by atoms with Crippen molar-refractivity contribution < 1.29 is 19.8 Å². The summed E-state index contributed by atoms with van der Waals surface area (Å²) in [5.41, 5.74) is -0.270. The number of amides is 1. The molecule has 2 N–H and O–H groups in total. The molecule has 2 rings (SSSR count). The summed E-state index contributed by atoms with van der Waals surface area (Å²) in [5, 5.41) is 20.6. The molecule has 1 amide bonds. The maximum atomic E-state index is 12.4. The SMILES string of the molecule is CC(C)C[C@H](C(=O)O)N(Cl)C(=O)c1ncc2ccccc2c1O. The van der Waals surface area contributed by atoms with E-state index >= 15 is 0 Å². The van der Waals surface area contributed by atoms with Crippen LogP contribution < -0.4 is 0 Å². The van der Waals surface area contributed by atoms with E-state index in [1.807, 2.05) is 13.8 Å². The highest BCUT2D eigenvalue weighted by molar-refractivity contribution is 6.25. The van der Waals surface area contributed by atoms with E-state index in [0.717, 1.165) is 0 Å². The molecule has 23 heavy (non-hydrogen) atoms. The highest BCUT2D eigenvalue weighted by Crippen LogP contribution is 2.29. The monoisotopic (exact) mass is 336 g/mol. The third-order valence-electron chi connectivity index (χ3n) is 3.42. The molecule has 0 bridgehead atoms. The fourth-order valence-electron chi connectivity index (χ4n) is 2.28. The molecule has 0 aliphatic carbocycles. The molecule has 122 valence electrons. The zero-order valence-corrected chi connectivity index (χ0v) is 13.5. The zero-order chi connectivity index (χ0) is 17.1. The number of aromatic hydroxyl groups is 1. The van der Waals surface area contributed by atoms with E-state index in [0.29, 0.717) is 15.2 Å². The summed E-state index contributed by atoms with van der Waals surface area (Å²) in [7, 11) is 0. The van der Waals surface area contributed by atoms with Crippen molar-refractivity contribution in [3.8, 4) is 5.75 Å². The highest BCUT2D eigenvalue weighted by atomic mass is 35.5. The Morgan fingerprint density at radius 2 is 1.96 bits per heavy atom. The zero-order valence-electron chi connectivity index (χ0n) is 12.7. The maximum absolute atomic E-state index is 12.4. The number of halogens is 1. The van der Waals surface area contributed by atoms with Gasteiger partial charge in [0.05, 0.1) is 0 Å². The molecule has 0 saturated carbocycles. The number of aliphatic carboxylic acids is 1. The molecule has 0 aliphatic heterocycles. The fourth-order valence-corrected chi connectivity index (χ4v) is 2.53. The fraction of sp³-hybridized carbons (Fsp3) is 0.312. The van der Waals surface area contributed by atoms with Crippen LogP contribution in [0.25, 0.3) is 10.8 Å². The summed E-state index contributed by atoms with van der Waals surface area (Å²) in [4.78, 5) is 27.7. The summed E-state index contributed by atoms with van der Waals surface area (Å²) < 4.78 is 0.596. The molecule has 0 aliphatic rings. The van der Waals surface area contributed by atoms with Crippen LogP contribution in [0.3, 0.4) is 0 Å². The van der Waals surface area contributed by atoms with Gasteiger partial charge in [0.2, 0.25) is 0 Å². The van der Waals surface area contributed by atoms with Gasteiger partial charge in [0.1, 0.15) is 6.04 Å². The topological polar surface area (TPSA) is 90.7 Å². The lowest BCUT2D eigenvalue weighted by Gasteiger charge is -2.23. The van der Waals surface area contributed by atoms with E-state index in [4.69, 9.17) is 11.8 Å². The van der Waals surface area contributed by atoms with Crippen molar-refractivity contribution in [1.29, 1.82) is 0 Å². The van der Waals surface area contributed by atoms with Gasteiger partial charge in [-0.2, -0.15) is 0 Å². The number of carbonyl (C=O) groups is 2. The number of benzene rings is 1. The smallest absolute Gasteiger partial charge is 0.327 e. The molecule has 7 heteroatoms. The Hall–Kier alpha value is -2.34. The molecule has 6 nitrogen and oxygen atoms in total. The summed E-state index contributed by atoms with van der Waals surface area (Å²) >= 11 is 5.95. The van der Waals surface area contributed by atoms with E-state index in [1.165, 1.54) is 6.20 Å². The second-order valence-corrected chi connectivity index (χ2v) is 6.01. The predicted octanol–water partition coefficient (Wildman–Crippen LogP) is 3.04. The van der Waals surface area contributed by atoms with Crippen LogP contribution in [-0.2, 0) is 4.79 Å². The predicted molar refractivity (Wildman–Crippen MR) is 86.3 cm³/mol. The molecule has 0 radical (unpaired) electrons. The van der Waals surface area contributed by atoms with E-state index < -0.39 is 17.9 Å². The molecular formula is C16H17ClN2O4. The number of rotatable bonds is 5. The second-order valence-electron chi connectivity index (χ2n) is 5.64. The molecular weight excluding hydrogens is 320 g/mol. The minimum atomic E-state index is -1.21. The van der Waals surface area contributed by atoms with Gasteiger partial charge in [-0.15, -0.1) is 0 Å². The van der Waals surface area contributed by atoms with Gasteiger partial charge in [-0.25, -0.2) is 14.2 Å². The number of pyridine rings is 1. The van der Waals surface area contributed by atoms with Crippen LogP contribution in [-0.4, -0.2) is 37.5 Å². The van der Waals surface area contributed by atoms with Crippen molar-refractivity contribution in [2.75, 3.05) is 0 Å². The van der Waals surface area contributed by atoms with E-state index in [1.54, 1.807) is 24.3 Å². The second kappa shape index (κ2) is 6.83. The summed E-state index contributed by atoms with van der Waals surface area (Å²) in [6.45, 7) is 3.66. The number of hydrogen-bond acceptors (Lipinski definition) is 4. The quantitative estimate of drug-likeness (QED) is 0.819. The number of aromatic nitrogens is 1. The largest absolute Gasteiger partial charge is 0.505 e. The van der Waals surface area contributed by atoms with Crippen molar-refractivity contribution in [3.63, 3.8) is 0 Å². The Morgan fingerprint density at radius 1 is 1.30 bits per heavy atom. The minimum Gasteiger partial charge on any atom is -0.505 e. The lowest BCUT2D eigenvalue weighted by atomic mass is 10.0. The lowest BCUT2D eigenvalue weighted by Crippen LogP contribution is -2.40. The molecule has 1 aromatic carbocycles. The third-order valence-corrected chi connectivity index (χ3v) is 3.81. The van der Waals surface area contributed by atoms with Crippen LogP contribution in [0.2, 0.25) is 0 Å². The minimum absolute atomic E-state index is 0.0308. The standard InChI is InChI=1S/C16H17ClN2O4/c1-9(2)7-12(16(22)23)19(17)15(21)13-14(20)11-6-4-3-5-10(11)8-18-13/h3-6,8-9,12,20H,7H2,1-2H3,(H,22,23)/t12-/m1/s1. The van der Waals surface area contributed by atoms with Gasteiger partial charge in [-0.3, -0.25) is 4.79 Å². The Kier molecular flexibility index (Phi) is 5.05. The van der Waals surface area contributed by atoms with Gasteiger partial charge in [-0.05, 0) is 12.3 Å². The molecule has 0 saturated heterocycles. The molecule has 1 heterocycles. The van der Waals surface area contributed by atoms with Gasteiger partial charge in [0.25, 0.3) is 5.91 Å². The summed E-state index contributed by atoms with van der Waals surface area (Å²) in [5.74, 6) is -2.33. The Labute approximate surface area is 138 Å². The molecule has 0 spiro atoms. The molecule has 1 aromatic heterocycles. The van der Waals surface area contributed by atoms with Crippen LogP contribution in [0.1, 0.15) is 30.8 Å². The number of carboxylic acids is 1. The van der Waals surface area contributed by atoms with Crippen molar-refractivity contribution >= 4 is 34.4 Å². The molecule has 2 aromatic rings. The molecule has 1 atom stereocenters. The third kappa shape index (κ3) is 3.53. The number of fused-ring (bicyclic) bond motifs is 1.